The number of rotatable bonds is 7. The summed E-state index contributed by atoms with van der Waals surface area (Å²) in [6.07, 6.45) is 3.84. The third-order valence-corrected chi connectivity index (χ3v) is 3.82. The number of ether oxygens (including phenoxy) is 1. The second-order valence-electron chi connectivity index (χ2n) is 5.38. The van der Waals surface area contributed by atoms with E-state index in [2.05, 4.69) is 0 Å². The van der Waals surface area contributed by atoms with Crippen LogP contribution in [0, 0.1) is 0 Å². The van der Waals surface area contributed by atoms with Gasteiger partial charge in [-0.15, -0.1) is 0 Å². The average Bonchev–Trinajstić information content (AvgIpc) is 2.40. The molecule has 1 aliphatic carbocycles. The minimum absolute atomic E-state index is 0.0265. The zero-order chi connectivity index (χ0) is 15.2. The first-order valence-corrected chi connectivity index (χ1v) is 7.61. The maximum absolute atomic E-state index is 12.7. The maximum Gasteiger partial charge on any atom is 0.254 e. The molecule has 0 bridgehead atoms. The number of carbonyl (C=O) groups excluding carboxylic acids is 1. The molecule has 3 N–H and O–H groups in total. The summed E-state index contributed by atoms with van der Waals surface area (Å²) < 4.78 is 5.45. The molecule has 0 spiro atoms. The van der Waals surface area contributed by atoms with Gasteiger partial charge < -0.3 is 20.5 Å². The predicted molar refractivity (Wildman–Crippen MR) is 82.4 cm³/mol. The molecule has 1 amide bonds. The highest BCUT2D eigenvalue weighted by Gasteiger charge is 2.29. The lowest BCUT2D eigenvalue weighted by molar-refractivity contribution is 0.0562. The van der Waals surface area contributed by atoms with Gasteiger partial charge in [-0.05, 0) is 44.7 Å². The van der Waals surface area contributed by atoms with E-state index < -0.39 is 0 Å². The van der Waals surface area contributed by atoms with Crippen LogP contribution in [0.25, 0.3) is 0 Å². The number of carbonyl (C=O) groups is 1. The van der Waals surface area contributed by atoms with E-state index in [4.69, 9.17) is 15.6 Å². The fraction of sp³-hybridized carbons (Fsp3) is 0.562. The molecule has 21 heavy (non-hydrogen) atoms. The molecule has 1 saturated carbocycles. The zero-order valence-corrected chi connectivity index (χ0v) is 12.5. The van der Waals surface area contributed by atoms with E-state index in [9.17, 15) is 4.79 Å². The van der Waals surface area contributed by atoms with Crippen LogP contribution in [0.2, 0.25) is 0 Å². The van der Waals surface area contributed by atoms with E-state index in [1.165, 1.54) is 0 Å². The Morgan fingerprint density at radius 1 is 1.43 bits per heavy atom. The molecule has 1 fully saturated rings. The topological polar surface area (TPSA) is 75.8 Å². The summed E-state index contributed by atoms with van der Waals surface area (Å²) in [6, 6.07) is 5.45. The summed E-state index contributed by atoms with van der Waals surface area (Å²) in [5.74, 6) is 0.595. The van der Waals surface area contributed by atoms with Crippen LogP contribution in [0.5, 0.6) is 5.75 Å². The van der Waals surface area contributed by atoms with Crippen molar-refractivity contribution in [1.29, 1.82) is 0 Å². The fourth-order valence-electron chi connectivity index (χ4n) is 2.55. The lowest BCUT2D eigenvalue weighted by Gasteiger charge is -2.37. The van der Waals surface area contributed by atoms with Crippen molar-refractivity contribution >= 4 is 11.6 Å². The minimum atomic E-state index is -0.0265. The number of hydrogen-bond acceptors (Lipinski definition) is 4. The molecule has 5 nitrogen and oxygen atoms in total. The van der Waals surface area contributed by atoms with Gasteiger partial charge in [-0.1, -0.05) is 0 Å². The molecule has 0 heterocycles. The van der Waals surface area contributed by atoms with Gasteiger partial charge >= 0.3 is 0 Å². The van der Waals surface area contributed by atoms with Crippen molar-refractivity contribution in [1.82, 2.24) is 4.90 Å². The fourth-order valence-corrected chi connectivity index (χ4v) is 2.55. The summed E-state index contributed by atoms with van der Waals surface area (Å²) in [6.45, 7) is 3.11. The highest BCUT2D eigenvalue weighted by Crippen LogP contribution is 2.28. The summed E-state index contributed by atoms with van der Waals surface area (Å²) in [5, 5.41) is 9.02. The first kappa shape index (κ1) is 15.6. The molecule has 0 aliphatic heterocycles. The molecule has 2 rings (SSSR count). The smallest absolute Gasteiger partial charge is 0.254 e. The Balaban J connectivity index is 2.18. The van der Waals surface area contributed by atoms with Gasteiger partial charge in [0, 0.05) is 36.5 Å². The molecule has 116 valence electrons. The Kier molecular flexibility index (Phi) is 5.44. The number of nitrogens with zero attached hydrogens (tertiary/aromatic N) is 1. The molecule has 0 aromatic heterocycles. The van der Waals surface area contributed by atoms with Gasteiger partial charge in [0.05, 0.1) is 6.61 Å². The Labute approximate surface area is 125 Å². The Morgan fingerprint density at radius 2 is 2.19 bits per heavy atom. The Bertz CT molecular complexity index is 486. The minimum Gasteiger partial charge on any atom is -0.494 e. The van der Waals surface area contributed by atoms with Crippen molar-refractivity contribution in [3.8, 4) is 5.75 Å². The van der Waals surface area contributed by atoms with E-state index in [1.54, 1.807) is 18.2 Å². The molecular weight excluding hydrogens is 268 g/mol. The van der Waals surface area contributed by atoms with Crippen LogP contribution in [-0.2, 0) is 0 Å². The van der Waals surface area contributed by atoms with Crippen LogP contribution in [-0.4, -0.2) is 41.7 Å². The summed E-state index contributed by atoms with van der Waals surface area (Å²) in [7, 11) is 0. The van der Waals surface area contributed by atoms with Gasteiger partial charge in [0.25, 0.3) is 5.91 Å². The van der Waals surface area contributed by atoms with Crippen molar-refractivity contribution in [3.63, 3.8) is 0 Å². The van der Waals surface area contributed by atoms with Gasteiger partial charge in [0.1, 0.15) is 5.75 Å². The zero-order valence-electron chi connectivity index (χ0n) is 12.5. The number of aliphatic hydroxyl groups is 1. The van der Waals surface area contributed by atoms with Gasteiger partial charge in [-0.25, -0.2) is 0 Å². The van der Waals surface area contributed by atoms with Gasteiger partial charge in [-0.3, -0.25) is 4.79 Å². The number of anilines is 1. The maximum atomic E-state index is 12.7. The molecule has 0 saturated heterocycles. The molecule has 5 heteroatoms. The number of nitrogen functional groups attached to an aromatic ring is 1. The van der Waals surface area contributed by atoms with Crippen molar-refractivity contribution < 1.29 is 14.6 Å². The number of aliphatic hydroxyl groups excluding tert-OH is 1. The monoisotopic (exact) mass is 292 g/mol. The summed E-state index contributed by atoms with van der Waals surface area (Å²) in [4.78, 5) is 14.6. The number of benzene rings is 1. The van der Waals surface area contributed by atoms with E-state index in [-0.39, 0.29) is 12.5 Å². The second kappa shape index (κ2) is 7.31. The summed E-state index contributed by atoms with van der Waals surface area (Å²) >= 11 is 0. The van der Waals surface area contributed by atoms with Crippen LogP contribution in [0.1, 0.15) is 43.0 Å². The van der Waals surface area contributed by atoms with Gasteiger partial charge in [-0.2, -0.15) is 0 Å². The SMILES string of the molecule is CCOc1cc(N)cc(C(=O)N(CCCO)C2CCC2)c1. The first-order valence-electron chi connectivity index (χ1n) is 7.61. The molecule has 0 atom stereocenters. The normalized spacial score (nSPS) is 14.6. The van der Waals surface area contributed by atoms with Crippen molar-refractivity contribution in [2.45, 2.75) is 38.6 Å². The molecule has 1 aliphatic rings. The van der Waals surface area contributed by atoms with Gasteiger partial charge in [0.15, 0.2) is 0 Å². The van der Waals surface area contributed by atoms with Crippen LogP contribution >= 0.6 is 0 Å². The molecular formula is C16H24N2O3. The third-order valence-electron chi connectivity index (χ3n) is 3.82. The molecule has 1 aromatic carbocycles. The first-order chi connectivity index (χ1) is 10.2. The summed E-state index contributed by atoms with van der Waals surface area (Å²) in [5.41, 5.74) is 6.95. The van der Waals surface area contributed by atoms with Crippen LogP contribution in [0.3, 0.4) is 0 Å². The highest BCUT2D eigenvalue weighted by molar-refractivity contribution is 5.95. The quantitative estimate of drug-likeness (QED) is 0.754. The van der Waals surface area contributed by atoms with E-state index in [1.807, 2.05) is 11.8 Å². The molecule has 1 aromatic rings. The van der Waals surface area contributed by atoms with Crippen molar-refractivity contribution in [2.75, 3.05) is 25.5 Å². The van der Waals surface area contributed by atoms with Crippen LogP contribution < -0.4 is 10.5 Å². The molecule has 0 unspecified atom stereocenters. The Morgan fingerprint density at radius 3 is 2.76 bits per heavy atom. The lowest BCUT2D eigenvalue weighted by atomic mass is 9.90. The highest BCUT2D eigenvalue weighted by atomic mass is 16.5. The average molecular weight is 292 g/mol. The number of hydrogen-bond donors (Lipinski definition) is 2. The third kappa shape index (κ3) is 3.88. The predicted octanol–water partition coefficient (Wildman–Crippen LogP) is 2.04. The second-order valence-corrected chi connectivity index (χ2v) is 5.38. The van der Waals surface area contributed by atoms with Crippen LogP contribution in [0.15, 0.2) is 18.2 Å². The molecule has 0 radical (unpaired) electrons. The van der Waals surface area contributed by atoms with E-state index >= 15 is 0 Å². The van der Waals surface area contributed by atoms with E-state index in [0.29, 0.717) is 42.6 Å². The standard InChI is InChI=1S/C16H24N2O3/c1-2-21-15-10-12(9-13(17)11-15)16(20)18(7-4-8-19)14-5-3-6-14/h9-11,14,19H,2-8,17H2,1H3. The van der Waals surface area contributed by atoms with E-state index in [0.717, 1.165) is 19.3 Å². The Hall–Kier alpha value is -1.75. The van der Waals surface area contributed by atoms with Crippen LogP contribution in [0.4, 0.5) is 5.69 Å². The van der Waals surface area contributed by atoms with Gasteiger partial charge in [0.2, 0.25) is 0 Å². The largest absolute Gasteiger partial charge is 0.494 e. The van der Waals surface area contributed by atoms with Crippen molar-refractivity contribution in [3.05, 3.63) is 23.8 Å². The lowest BCUT2D eigenvalue weighted by Crippen LogP contribution is -2.45. The number of amides is 1. The van der Waals surface area contributed by atoms with Crippen molar-refractivity contribution in [2.24, 2.45) is 0 Å². The number of nitrogens with two attached hydrogens (primary N) is 1.